The van der Waals surface area contributed by atoms with Crippen LogP contribution in [-0.4, -0.2) is 52.4 Å². The minimum Gasteiger partial charge on any atom is -0.365 e. The number of primary amides is 1. The zero-order valence-corrected chi connectivity index (χ0v) is 13.5. The van der Waals surface area contributed by atoms with Crippen LogP contribution in [0.5, 0.6) is 0 Å². The summed E-state index contributed by atoms with van der Waals surface area (Å²) in [5.41, 5.74) is 5.52. The second kappa shape index (κ2) is 6.09. The van der Waals surface area contributed by atoms with Crippen molar-refractivity contribution in [2.75, 3.05) is 26.2 Å². The van der Waals surface area contributed by atoms with Gasteiger partial charge in [0.15, 0.2) is 0 Å². The molecule has 0 unspecified atom stereocenters. The van der Waals surface area contributed by atoms with Crippen LogP contribution in [0, 0.1) is 6.92 Å². The van der Waals surface area contributed by atoms with Gasteiger partial charge in [-0.3, -0.25) is 19.0 Å². The molecule has 2 aromatic rings. The van der Waals surface area contributed by atoms with Gasteiger partial charge in [0.1, 0.15) is 11.4 Å². The number of amides is 2. The van der Waals surface area contributed by atoms with Crippen LogP contribution in [0.15, 0.2) is 11.1 Å². The van der Waals surface area contributed by atoms with Crippen LogP contribution in [0.2, 0.25) is 0 Å². The largest absolute Gasteiger partial charge is 0.365 e. The lowest BCUT2D eigenvalue weighted by Crippen LogP contribution is -2.48. The van der Waals surface area contributed by atoms with E-state index in [0.717, 1.165) is 24.4 Å². The number of aryl methyl sites for hydroxylation is 1. The van der Waals surface area contributed by atoms with Crippen molar-refractivity contribution >= 4 is 33.4 Å². The molecule has 8 nitrogen and oxygen atoms in total. The van der Waals surface area contributed by atoms with Crippen molar-refractivity contribution in [2.45, 2.75) is 13.5 Å². The van der Waals surface area contributed by atoms with E-state index in [2.05, 4.69) is 10.3 Å². The minimum absolute atomic E-state index is 0.0526. The average molecular weight is 335 g/mol. The van der Waals surface area contributed by atoms with Gasteiger partial charge in [0.2, 0.25) is 5.91 Å². The highest BCUT2D eigenvalue weighted by Crippen LogP contribution is 2.26. The van der Waals surface area contributed by atoms with Crippen LogP contribution >= 0.6 is 11.3 Å². The molecule has 1 aliphatic heterocycles. The molecule has 0 spiro atoms. The average Bonchev–Trinajstić information content (AvgIpc) is 2.89. The number of nitrogens with zero attached hydrogens (tertiary/aromatic N) is 3. The number of fused-ring (bicyclic) bond motifs is 1. The molecule has 2 aromatic heterocycles. The van der Waals surface area contributed by atoms with Gasteiger partial charge in [0.05, 0.1) is 16.6 Å². The predicted octanol–water partition coefficient (Wildman–Crippen LogP) is -0.703. The highest BCUT2D eigenvalue weighted by atomic mass is 32.1. The number of hydrogen-bond acceptors (Lipinski definition) is 6. The molecule has 3 N–H and O–H groups in total. The summed E-state index contributed by atoms with van der Waals surface area (Å²) in [5, 5.41) is 3.53. The molecule has 9 heteroatoms. The fourth-order valence-corrected chi connectivity index (χ4v) is 3.66. The summed E-state index contributed by atoms with van der Waals surface area (Å²) in [6.45, 7) is 4.39. The fraction of sp³-hybridized carbons (Fsp3) is 0.429. The van der Waals surface area contributed by atoms with Gasteiger partial charge in [-0.2, -0.15) is 0 Å². The van der Waals surface area contributed by atoms with Crippen LogP contribution in [0.25, 0.3) is 10.2 Å². The number of piperazine rings is 1. The molecule has 1 fully saturated rings. The molecule has 0 saturated carbocycles. The molecular weight excluding hydrogens is 318 g/mol. The Morgan fingerprint density at radius 1 is 1.39 bits per heavy atom. The van der Waals surface area contributed by atoms with E-state index >= 15 is 0 Å². The number of carbonyl (C=O) groups is 2. The van der Waals surface area contributed by atoms with E-state index in [0.29, 0.717) is 33.7 Å². The van der Waals surface area contributed by atoms with Crippen molar-refractivity contribution in [1.29, 1.82) is 0 Å². The van der Waals surface area contributed by atoms with Gasteiger partial charge in [0, 0.05) is 26.2 Å². The van der Waals surface area contributed by atoms with Crippen LogP contribution in [0.3, 0.4) is 0 Å². The number of carbonyl (C=O) groups excluding carboxylic acids is 2. The second-order valence-corrected chi connectivity index (χ2v) is 6.41. The fourth-order valence-electron chi connectivity index (χ4n) is 2.67. The number of aromatic nitrogens is 2. The molecule has 2 amide bonds. The quantitative estimate of drug-likeness (QED) is 0.770. The summed E-state index contributed by atoms with van der Waals surface area (Å²) in [4.78, 5) is 43.0. The summed E-state index contributed by atoms with van der Waals surface area (Å²) < 4.78 is 1.29. The Bertz CT molecular complexity index is 835. The van der Waals surface area contributed by atoms with Crippen molar-refractivity contribution < 1.29 is 9.59 Å². The summed E-state index contributed by atoms with van der Waals surface area (Å²) in [5.74, 6) is -0.689. The highest BCUT2D eigenvalue weighted by Gasteiger charge is 2.20. The number of hydrogen-bond donors (Lipinski definition) is 2. The molecule has 1 saturated heterocycles. The second-order valence-electron chi connectivity index (χ2n) is 5.41. The summed E-state index contributed by atoms with van der Waals surface area (Å²) in [6.07, 6.45) is 1.35. The molecule has 23 heavy (non-hydrogen) atoms. The maximum absolute atomic E-state index is 12.6. The maximum Gasteiger partial charge on any atom is 0.262 e. The number of rotatable bonds is 3. The van der Waals surface area contributed by atoms with Gasteiger partial charge in [-0.25, -0.2) is 4.98 Å². The van der Waals surface area contributed by atoms with Crippen molar-refractivity contribution in [1.82, 2.24) is 19.8 Å². The Morgan fingerprint density at radius 2 is 2.09 bits per heavy atom. The lowest BCUT2D eigenvalue weighted by Gasteiger charge is -2.27. The van der Waals surface area contributed by atoms with Crippen molar-refractivity contribution in [3.63, 3.8) is 0 Å². The number of thiophene rings is 1. The van der Waals surface area contributed by atoms with E-state index < -0.39 is 5.91 Å². The van der Waals surface area contributed by atoms with Crippen molar-refractivity contribution in [2.24, 2.45) is 5.73 Å². The van der Waals surface area contributed by atoms with Crippen molar-refractivity contribution in [3.05, 3.63) is 27.1 Å². The molecule has 0 bridgehead atoms. The number of nitrogens with one attached hydrogen (secondary N) is 1. The lowest BCUT2D eigenvalue weighted by atomic mass is 10.2. The minimum atomic E-state index is -0.576. The third-order valence-corrected chi connectivity index (χ3v) is 5.13. The third-order valence-electron chi connectivity index (χ3n) is 3.92. The summed E-state index contributed by atoms with van der Waals surface area (Å²) in [6, 6.07) is 0. The van der Waals surface area contributed by atoms with Crippen molar-refractivity contribution in [3.8, 4) is 0 Å². The smallest absolute Gasteiger partial charge is 0.262 e. The van der Waals surface area contributed by atoms with E-state index in [9.17, 15) is 14.4 Å². The first-order chi connectivity index (χ1) is 11.0. The van der Waals surface area contributed by atoms with Crippen LogP contribution in [-0.2, 0) is 11.3 Å². The highest BCUT2D eigenvalue weighted by molar-refractivity contribution is 7.20. The molecule has 0 atom stereocenters. The first kappa shape index (κ1) is 15.6. The standard InChI is InChI=1S/C14H17N5O3S/c1-8-10-13(23-11(8)12(15)21)17-7-19(14(10)22)6-9(20)18-4-2-16-3-5-18/h7,16H,2-6H2,1H3,(H2,15,21). The molecule has 0 radical (unpaired) electrons. The molecule has 3 heterocycles. The topological polar surface area (TPSA) is 110 Å². The Balaban J connectivity index is 1.94. The van der Waals surface area contributed by atoms with E-state index in [4.69, 9.17) is 5.73 Å². The Hall–Kier alpha value is -2.26. The molecule has 0 aromatic carbocycles. The first-order valence-electron chi connectivity index (χ1n) is 7.26. The monoisotopic (exact) mass is 335 g/mol. The Labute approximate surface area is 135 Å². The Morgan fingerprint density at radius 3 is 2.74 bits per heavy atom. The zero-order valence-electron chi connectivity index (χ0n) is 12.7. The van der Waals surface area contributed by atoms with E-state index in [1.807, 2.05) is 0 Å². The van der Waals surface area contributed by atoms with Crippen LogP contribution in [0.4, 0.5) is 0 Å². The predicted molar refractivity (Wildman–Crippen MR) is 86.6 cm³/mol. The summed E-state index contributed by atoms with van der Waals surface area (Å²) >= 11 is 1.10. The number of nitrogens with two attached hydrogens (primary N) is 1. The molecule has 122 valence electrons. The van der Waals surface area contributed by atoms with Gasteiger partial charge < -0.3 is 16.0 Å². The van der Waals surface area contributed by atoms with Crippen LogP contribution in [0.1, 0.15) is 15.2 Å². The van der Waals surface area contributed by atoms with Crippen LogP contribution < -0.4 is 16.6 Å². The van der Waals surface area contributed by atoms with E-state index in [1.54, 1.807) is 11.8 Å². The zero-order chi connectivity index (χ0) is 16.6. The SMILES string of the molecule is Cc1c(C(N)=O)sc2ncn(CC(=O)N3CCNCC3)c(=O)c12. The molecule has 3 rings (SSSR count). The third kappa shape index (κ3) is 2.84. The van der Waals surface area contributed by atoms with Gasteiger partial charge >= 0.3 is 0 Å². The normalized spacial score (nSPS) is 15.1. The van der Waals surface area contributed by atoms with Gasteiger partial charge in [-0.15, -0.1) is 11.3 Å². The maximum atomic E-state index is 12.6. The lowest BCUT2D eigenvalue weighted by molar-refractivity contribution is -0.132. The van der Waals surface area contributed by atoms with E-state index in [-0.39, 0.29) is 18.0 Å². The van der Waals surface area contributed by atoms with Gasteiger partial charge in [-0.05, 0) is 12.5 Å². The Kier molecular flexibility index (Phi) is 4.14. The van der Waals surface area contributed by atoms with Gasteiger partial charge in [-0.1, -0.05) is 0 Å². The van der Waals surface area contributed by atoms with Gasteiger partial charge in [0.25, 0.3) is 11.5 Å². The molecule has 0 aliphatic carbocycles. The summed E-state index contributed by atoms with van der Waals surface area (Å²) in [7, 11) is 0. The molecule has 1 aliphatic rings. The molecular formula is C14H17N5O3S. The van der Waals surface area contributed by atoms with E-state index in [1.165, 1.54) is 10.9 Å². The first-order valence-corrected chi connectivity index (χ1v) is 8.07.